The number of thiophene rings is 1. The predicted octanol–water partition coefficient (Wildman–Crippen LogP) is 2.97. The SMILES string of the molecule is O=C(Cc1ccccc1)N1CC(c2nc(-c3ccsc3)no2)C1. The predicted molar refractivity (Wildman–Crippen MR) is 87.1 cm³/mol. The van der Waals surface area contributed by atoms with Gasteiger partial charge < -0.3 is 9.42 Å². The third-order valence-electron chi connectivity index (χ3n) is 4.00. The fraction of sp³-hybridized carbons (Fsp3) is 0.235. The molecule has 0 spiro atoms. The van der Waals surface area contributed by atoms with Gasteiger partial charge in [0.1, 0.15) is 0 Å². The molecule has 5 nitrogen and oxygen atoms in total. The molecule has 1 amide bonds. The van der Waals surface area contributed by atoms with Crippen molar-refractivity contribution in [3.63, 3.8) is 0 Å². The number of nitrogens with zero attached hydrogens (tertiary/aromatic N) is 3. The number of amides is 1. The number of benzene rings is 1. The molecule has 2 aromatic heterocycles. The van der Waals surface area contributed by atoms with Crippen LogP contribution in [0.3, 0.4) is 0 Å². The third kappa shape index (κ3) is 2.90. The van der Waals surface area contributed by atoms with Crippen molar-refractivity contribution in [1.29, 1.82) is 0 Å². The molecule has 0 aliphatic carbocycles. The Morgan fingerprint density at radius 1 is 1.26 bits per heavy atom. The van der Waals surface area contributed by atoms with Crippen molar-refractivity contribution in [3.8, 4) is 11.4 Å². The molecular weight excluding hydrogens is 310 g/mol. The van der Waals surface area contributed by atoms with Gasteiger partial charge in [-0.1, -0.05) is 35.5 Å². The molecule has 1 fully saturated rings. The maximum absolute atomic E-state index is 12.2. The van der Waals surface area contributed by atoms with Crippen molar-refractivity contribution >= 4 is 17.2 Å². The zero-order chi connectivity index (χ0) is 15.6. The second-order valence-corrected chi connectivity index (χ2v) is 6.41. The number of likely N-dealkylation sites (tertiary alicyclic amines) is 1. The van der Waals surface area contributed by atoms with E-state index in [0.29, 0.717) is 31.2 Å². The number of rotatable bonds is 4. The van der Waals surface area contributed by atoms with Gasteiger partial charge in [-0.3, -0.25) is 4.79 Å². The van der Waals surface area contributed by atoms with Crippen LogP contribution in [0, 0.1) is 0 Å². The lowest BCUT2D eigenvalue weighted by Gasteiger charge is -2.37. The summed E-state index contributed by atoms with van der Waals surface area (Å²) in [7, 11) is 0. The van der Waals surface area contributed by atoms with Gasteiger partial charge in [-0.15, -0.1) is 0 Å². The Kier molecular flexibility index (Phi) is 3.67. The smallest absolute Gasteiger partial charge is 0.233 e. The third-order valence-corrected chi connectivity index (χ3v) is 4.69. The van der Waals surface area contributed by atoms with Gasteiger partial charge in [0.25, 0.3) is 0 Å². The van der Waals surface area contributed by atoms with E-state index in [2.05, 4.69) is 10.1 Å². The average Bonchev–Trinajstić information content (AvgIpc) is 3.17. The van der Waals surface area contributed by atoms with E-state index in [0.717, 1.165) is 11.1 Å². The van der Waals surface area contributed by atoms with E-state index in [-0.39, 0.29) is 11.8 Å². The van der Waals surface area contributed by atoms with Gasteiger partial charge in [0, 0.05) is 24.0 Å². The zero-order valence-corrected chi connectivity index (χ0v) is 13.2. The highest BCUT2D eigenvalue weighted by Crippen LogP contribution is 2.28. The number of hydrogen-bond acceptors (Lipinski definition) is 5. The van der Waals surface area contributed by atoms with Crippen molar-refractivity contribution in [2.45, 2.75) is 12.3 Å². The van der Waals surface area contributed by atoms with Gasteiger partial charge in [-0.05, 0) is 17.0 Å². The number of aromatic nitrogens is 2. The van der Waals surface area contributed by atoms with Crippen LogP contribution < -0.4 is 0 Å². The maximum atomic E-state index is 12.2. The van der Waals surface area contributed by atoms with Gasteiger partial charge in [-0.25, -0.2) is 0 Å². The normalized spacial score (nSPS) is 14.7. The van der Waals surface area contributed by atoms with Gasteiger partial charge in [0.05, 0.1) is 12.3 Å². The van der Waals surface area contributed by atoms with Gasteiger partial charge in [-0.2, -0.15) is 16.3 Å². The van der Waals surface area contributed by atoms with Gasteiger partial charge in [0.2, 0.25) is 17.6 Å². The van der Waals surface area contributed by atoms with Gasteiger partial charge in [0.15, 0.2) is 0 Å². The first kappa shape index (κ1) is 14.1. The quantitative estimate of drug-likeness (QED) is 0.740. The lowest BCUT2D eigenvalue weighted by Crippen LogP contribution is -2.49. The van der Waals surface area contributed by atoms with E-state index in [1.807, 2.05) is 52.1 Å². The minimum absolute atomic E-state index is 0.144. The molecule has 0 unspecified atom stereocenters. The molecule has 0 atom stereocenters. The molecule has 0 saturated carbocycles. The molecule has 6 heteroatoms. The molecule has 3 aromatic rings. The monoisotopic (exact) mass is 325 g/mol. The van der Waals surface area contributed by atoms with E-state index in [9.17, 15) is 4.79 Å². The Hall–Kier alpha value is -2.47. The summed E-state index contributed by atoms with van der Waals surface area (Å²) in [6.45, 7) is 1.30. The first-order valence-electron chi connectivity index (χ1n) is 7.47. The summed E-state index contributed by atoms with van der Waals surface area (Å²) >= 11 is 1.60. The van der Waals surface area contributed by atoms with Crippen molar-refractivity contribution in [2.24, 2.45) is 0 Å². The molecule has 1 aromatic carbocycles. The topological polar surface area (TPSA) is 59.2 Å². The van der Waals surface area contributed by atoms with Crippen LogP contribution >= 0.6 is 11.3 Å². The minimum Gasteiger partial charge on any atom is -0.341 e. The van der Waals surface area contributed by atoms with E-state index in [1.54, 1.807) is 11.3 Å². The van der Waals surface area contributed by atoms with E-state index >= 15 is 0 Å². The standard InChI is InChI=1S/C17H15N3O2S/c21-15(8-12-4-2-1-3-5-12)20-9-14(10-20)17-18-16(19-22-17)13-6-7-23-11-13/h1-7,11,14H,8-10H2. The van der Waals surface area contributed by atoms with Crippen LogP contribution in [-0.4, -0.2) is 34.0 Å². The number of hydrogen-bond donors (Lipinski definition) is 0. The first-order chi connectivity index (χ1) is 11.3. The van der Waals surface area contributed by atoms with Crippen LogP contribution in [0.2, 0.25) is 0 Å². The van der Waals surface area contributed by atoms with E-state index in [4.69, 9.17) is 4.52 Å². The van der Waals surface area contributed by atoms with Crippen LogP contribution in [0.4, 0.5) is 0 Å². The van der Waals surface area contributed by atoms with Crippen LogP contribution in [-0.2, 0) is 11.2 Å². The van der Waals surface area contributed by atoms with Gasteiger partial charge >= 0.3 is 0 Å². The summed E-state index contributed by atoms with van der Waals surface area (Å²) in [4.78, 5) is 18.5. The average molecular weight is 325 g/mol. The van der Waals surface area contributed by atoms with Crippen LogP contribution in [0.5, 0.6) is 0 Å². The molecule has 1 aliphatic heterocycles. The molecule has 0 bridgehead atoms. The minimum atomic E-state index is 0.144. The summed E-state index contributed by atoms with van der Waals surface area (Å²) in [6, 6.07) is 11.8. The molecule has 4 rings (SSSR count). The Balaban J connectivity index is 1.35. The summed E-state index contributed by atoms with van der Waals surface area (Å²) in [5.41, 5.74) is 2.01. The summed E-state index contributed by atoms with van der Waals surface area (Å²) in [6.07, 6.45) is 0.442. The number of carbonyl (C=O) groups excluding carboxylic acids is 1. The largest absolute Gasteiger partial charge is 0.341 e. The second kappa shape index (κ2) is 5.96. The molecule has 3 heterocycles. The van der Waals surface area contributed by atoms with Crippen molar-refractivity contribution in [2.75, 3.05) is 13.1 Å². The molecule has 0 radical (unpaired) electrons. The molecule has 23 heavy (non-hydrogen) atoms. The fourth-order valence-corrected chi connectivity index (χ4v) is 3.26. The maximum Gasteiger partial charge on any atom is 0.233 e. The zero-order valence-electron chi connectivity index (χ0n) is 12.4. The Morgan fingerprint density at radius 3 is 2.83 bits per heavy atom. The molecule has 1 aliphatic rings. The highest BCUT2D eigenvalue weighted by atomic mass is 32.1. The van der Waals surface area contributed by atoms with E-state index in [1.165, 1.54) is 0 Å². The Bertz CT molecular complexity index is 792. The Morgan fingerprint density at radius 2 is 2.09 bits per heavy atom. The second-order valence-electron chi connectivity index (χ2n) is 5.63. The van der Waals surface area contributed by atoms with Crippen LogP contribution in [0.25, 0.3) is 11.4 Å². The Labute approximate surface area is 137 Å². The van der Waals surface area contributed by atoms with Crippen molar-refractivity contribution in [1.82, 2.24) is 15.0 Å². The molecule has 116 valence electrons. The lowest BCUT2D eigenvalue weighted by atomic mass is 9.99. The highest BCUT2D eigenvalue weighted by Gasteiger charge is 2.35. The fourth-order valence-electron chi connectivity index (χ4n) is 2.63. The van der Waals surface area contributed by atoms with Crippen molar-refractivity contribution in [3.05, 3.63) is 58.6 Å². The van der Waals surface area contributed by atoms with E-state index < -0.39 is 0 Å². The molecule has 1 saturated heterocycles. The first-order valence-corrected chi connectivity index (χ1v) is 8.42. The van der Waals surface area contributed by atoms with Crippen LogP contribution in [0.15, 0.2) is 51.7 Å². The summed E-state index contributed by atoms with van der Waals surface area (Å²) in [5, 5.41) is 7.99. The molecule has 0 N–H and O–H groups in total. The number of carbonyl (C=O) groups is 1. The molecular formula is C17H15N3O2S. The highest BCUT2D eigenvalue weighted by molar-refractivity contribution is 7.08. The van der Waals surface area contributed by atoms with Crippen LogP contribution in [0.1, 0.15) is 17.4 Å². The summed E-state index contributed by atoms with van der Waals surface area (Å²) < 4.78 is 5.34. The van der Waals surface area contributed by atoms with Crippen molar-refractivity contribution < 1.29 is 9.32 Å². The lowest BCUT2D eigenvalue weighted by molar-refractivity contribution is -0.135. The summed E-state index contributed by atoms with van der Waals surface area (Å²) in [5.74, 6) is 1.53.